The molecule has 2 nitrogen and oxygen atoms in total. The summed E-state index contributed by atoms with van der Waals surface area (Å²) in [4.78, 5) is 13.6. The van der Waals surface area contributed by atoms with Crippen molar-refractivity contribution >= 4 is 5.91 Å². The number of unbranched alkanes of at least 4 members (excludes halogenated alkanes) is 1. The maximum absolute atomic E-state index is 11.7. The van der Waals surface area contributed by atoms with Crippen molar-refractivity contribution in [2.75, 3.05) is 6.54 Å². The summed E-state index contributed by atoms with van der Waals surface area (Å²) in [7, 11) is 0. The standard InChI is InChI=1S/C11H23NO/c1-5-7-8-11(13)12(9-6-2)10(3)4/h10H,5-9H2,1-4H3. The molecule has 0 aliphatic carbocycles. The molecule has 0 N–H and O–H groups in total. The molecule has 0 radical (unpaired) electrons. The van der Waals surface area contributed by atoms with Crippen molar-refractivity contribution in [3.8, 4) is 0 Å². The SMILES string of the molecule is CCCCC(=O)N(CCC)C(C)C. The molecule has 0 aliphatic rings. The van der Waals surface area contributed by atoms with E-state index in [-0.39, 0.29) is 0 Å². The van der Waals surface area contributed by atoms with Crippen LogP contribution in [0.25, 0.3) is 0 Å². The van der Waals surface area contributed by atoms with Gasteiger partial charge in [-0.25, -0.2) is 0 Å². The van der Waals surface area contributed by atoms with Crippen molar-refractivity contribution in [2.45, 2.75) is 59.4 Å². The zero-order valence-electron chi connectivity index (χ0n) is 9.47. The first-order chi connectivity index (χ1) is 6.13. The summed E-state index contributed by atoms with van der Waals surface area (Å²) >= 11 is 0. The molecule has 1 amide bonds. The molecule has 0 heterocycles. The van der Waals surface area contributed by atoms with Crippen molar-refractivity contribution in [3.05, 3.63) is 0 Å². The van der Waals surface area contributed by atoms with Crippen molar-refractivity contribution in [3.63, 3.8) is 0 Å². The summed E-state index contributed by atoms with van der Waals surface area (Å²) in [5, 5.41) is 0. The zero-order valence-corrected chi connectivity index (χ0v) is 9.47. The molecule has 0 unspecified atom stereocenters. The van der Waals surface area contributed by atoms with Crippen LogP contribution in [0, 0.1) is 0 Å². The summed E-state index contributed by atoms with van der Waals surface area (Å²) in [6.07, 6.45) is 3.89. The Bertz CT molecular complexity index is 143. The van der Waals surface area contributed by atoms with Crippen LogP contribution >= 0.6 is 0 Å². The molecular formula is C11H23NO. The number of rotatable bonds is 6. The van der Waals surface area contributed by atoms with Crippen LogP contribution in [0.15, 0.2) is 0 Å². The van der Waals surface area contributed by atoms with Crippen LogP contribution in [0.2, 0.25) is 0 Å². The van der Waals surface area contributed by atoms with E-state index in [9.17, 15) is 4.79 Å². The molecule has 0 bridgehead atoms. The zero-order chi connectivity index (χ0) is 10.3. The van der Waals surface area contributed by atoms with Gasteiger partial charge in [-0.05, 0) is 26.7 Å². The van der Waals surface area contributed by atoms with E-state index < -0.39 is 0 Å². The van der Waals surface area contributed by atoms with Crippen molar-refractivity contribution < 1.29 is 4.79 Å². The fourth-order valence-corrected chi connectivity index (χ4v) is 1.38. The molecule has 0 aromatic rings. The Morgan fingerprint density at radius 2 is 1.85 bits per heavy atom. The first kappa shape index (κ1) is 12.5. The van der Waals surface area contributed by atoms with Crippen LogP contribution in [0.5, 0.6) is 0 Å². The number of nitrogens with zero attached hydrogens (tertiary/aromatic N) is 1. The molecule has 0 atom stereocenters. The number of hydrogen-bond donors (Lipinski definition) is 0. The van der Waals surface area contributed by atoms with Crippen LogP contribution in [0.4, 0.5) is 0 Å². The van der Waals surface area contributed by atoms with Gasteiger partial charge >= 0.3 is 0 Å². The predicted octanol–water partition coefficient (Wildman–Crippen LogP) is 2.82. The van der Waals surface area contributed by atoms with Gasteiger partial charge in [0.15, 0.2) is 0 Å². The fraction of sp³-hybridized carbons (Fsp3) is 0.909. The quantitative estimate of drug-likeness (QED) is 0.623. The van der Waals surface area contributed by atoms with Gasteiger partial charge in [0.05, 0.1) is 0 Å². The van der Waals surface area contributed by atoms with Crippen molar-refractivity contribution in [2.24, 2.45) is 0 Å². The molecule has 0 fully saturated rings. The number of hydrogen-bond acceptors (Lipinski definition) is 1. The Morgan fingerprint density at radius 3 is 2.23 bits per heavy atom. The molecule has 0 aromatic heterocycles. The predicted molar refractivity (Wildman–Crippen MR) is 56.7 cm³/mol. The van der Waals surface area contributed by atoms with Gasteiger partial charge in [0.2, 0.25) is 5.91 Å². The highest BCUT2D eigenvalue weighted by Gasteiger charge is 2.14. The minimum absolute atomic E-state index is 0.318. The molecular weight excluding hydrogens is 162 g/mol. The Labute approximate surface area is 82.3 Å². The highest BCUT2D eigenvalue weighted by Crippen LogP contribution is 2.05. The van der Waals surface area contributed by atoms with Crippen molar-refractivity contribution in [1.82, 2.24) is 4.90 Å². The van der Waals surface area contributed by atoms with E-state index in [4.69, 9.17) is 0 Å². The minimum atomic E-state index is 0.318. The Hall–Kier alpha value is -0.530. The van der Waals surface area contributed by atoms with Crippen LogP contribution in [-0.4, -0.2) is 23.4 Å². The second-order valence-electron chi connectivity index (χ2n) is 3.78. The Morgan fingerprint density at radius 1 is 1.23 bits per heavy atom. The Balaban J connectivity index is 3.96. The maximum atomic E-state index is 11.7. The lowest BCUT2D eigenvalue weighted by Crippen LogP contribution is -2.37. The largest absolute Gasteiger partial charge is 0.340 e. The minimum Gasteiger partial charge on any atom is -0.340 e. The average Bonchev–Trinajstić information content (AvgIpc) is 2.09. The third kappa shape index (κ3) is 4.91. The molecule has 13 heavy (non-hydrogen) atoms. The molecule has 2 heteroatoms. The highest BCUT2D eigenvalue weighted by molar-refractivity contribution is 5.76. The van der Waals surface area contributed by atoms with Crippen molar-refractivity contribution in [1.29, 1.82) is 0 Å². The first-order valence-corrected chi connectivity index (χ1v) is 5.42. The smallest absolute Gasteiger partial charge is 0.222 e. The lowest BCUT2D eigenvalue weighted by atomic mass is 10.2. The molecule has 0 saturated heterocycles. The summed E-state index contributed by atoms with van der Waals surface area (Å²) in [5.41, 5.74) is 0. The number of carbonyl (C=O) groups excluding carboxylic acids is 1. The Kier molecular flexibility index (Phi) is 6.65. The molecule has 0 rings (SSSR count). The normalized spacial score (nSPS) is 10.5. The fourth-order valence-electron chi connectivity index (χ4n) is 1.38. The molecule has 0 spiro atoms. The van der Waals surface area contributed by atoms with Gasteiger partial charge in [0.1, 0.15) is 0 Å². The van der Waals surface area contributed by atoms with E-state index in [2.05, 4.69) is 27.7 Å². The summed E-state index contributed by atoms with van der Waals surface area (Å²) in [6, 6.07) is 0.351. The van der Waals surface area contributed by atoms with Gasteiger partial charge in [-0.1, -0.05) is 20.3 Å². The second kappa shape index (κ2) is 6.93. The summed E-state index contributed by atoms with van der Waals surface area (Å²) in [6.45, 7) is 9.30. The van der Waals surface area contributed by atoms with E-state index >= 15 is 0 Å². The van der Waals surface area contributed by atoms with E-state index in [1.54, 1.807) is 0 Å². The lowest BCUT2D eigenvalue weighted by Gasteiger charge is -2.26. The van der Waals surface area contributed by atoms with Gasteiger partial charge in [-0.15, -0.1) is 0 Å². The van der Waals surface area contributed by atoms with Crippen LogP contribution < -0.4 is 0 Å². The van der Waals surface area contributed by atoms with Crippen LogP contribution in [-0.2, 0) is 4.79 Å². The summed E-state index contributed by atoms with van der Waals surface area (Å²) < 4.78 is 0. The van der Waals surface area contributed by atoms with Gasteiger partial charge in [0.25, 0.3) is 0 Å². The van der Waals surface area contributed by atoms with Gasteiger partial charge < -0.3 is 4.90 Å². The third-order valence-corrected chi connectivity index (χ3v) is 2.15. The second-order valence-corrected chi connectivity index (χ2v) is 3.78. The number of amides is 1. The lowest BCUT2D eigenvalue weighted by molar-refractivity contribution is -0.133. The van der Waals surface area contributed by atoms with Crippen LogP contribution in [0.1, 0.15) is 53.4 Å². The average molecular weight is 185 g/mol. The van der Waals surface area contributed by atoms with E-state index in [0.717, 1.165) is 25.8 Å². The molecule has 0 aliphatic heterocycles. The molecule has 0 saturated carbocycles. The molecule has 0 aromatic carbocycles. The number of carbonyl (C=O) groups is 1. The van der Waals surface area contributed by atoms with Gasteiger partial charge in [-0.2, -0.15) is 0 Å². The first-order valence-electron chi connectivity index (χ1n) is 5.42. The third-order valence-electron chi connectivity index (χ3n) is 2.15. The van der Waals surface area contributed by atoms with Crippen LogP contribution in [0.3, 0.4) is 0 Å². The van der Waals surface area contributed by atoms with E-state index in [0.29, 0.717) is 18.4 Å². The topological polar surface area (TPSA) is 20.3 Å². The highest BCUT2D eigenvalue weighted by atomic mass is 16.2. The van der Waals surface area contributed by atoms with Gasteiger partial charge in [0, 0.05) is 19.0 Å². The summed E-state index contributed by atoms with van der Waals surface area (Å²) in [5.74, 6) is 0.318. The van der Waals surface area contributed by atoms with E-state index in [1.807, 2.05) is 4.90 Å². The maximum Gasteiger partial charge on any atom is 0.222 e. The monoisotopic (exact) mass is 185 g/mol. The molecule has 78 valence electrons. The van der Waals surface area contributed by atoms with E-state index in [1.165, 1.54) is 0 Å². The van der Waals surface area contributed by atoms with Gasteiger partial charge in [-0.3, -0.25) is 4.79 Å².